The van der Waals surface area contributed by atoms with Gasteiger partial charge in [-0.3, -0.25) is 4.98 Å². The summed E-state index contributed by atoms with van der Waals surface area (Å²) in [6.07, 6.45) is 9.49. The molecular formula is C27H32N2O3. The van der Waals surface area contributed by atoms with E-state index in [0.29, 0.717) is 24.6 Å². The Kier molecular flexibility index (Phi) is 6.53. The Morgan fingerprint density at radius 3 is 2.84 bits per heavy atom. The highest BCUT2D eigenvalue weighted by Crippen LogP contribution is 2.55. The molecule has 2 N–H and O–H groups in total. The van der Waals surface area contributed by atoms with Gasteiger partial charge in [-0.15, -0.1) is 5.92 Å². The minimum absolute atomic E-state index is 0.0755. The molecule has 0 aliphatic heterocycles. The molecule has 0 saturated heterocycles. The molecule has 168 valence electrons. The first-order chi connectivity index (χ1) is 15.5. The number of carbonyl (C=O) groups is 1. The van der Waals surface area contributed by atoms with E-state index in [-0.39, 0.29) is 5.41 Å². The first-order valence-electron chi connectivity index (χ1n) is 11.6. The van der Waals surface area contributed by atoms with Crippen molar-refractivity contribution in [3.8, 4) is 17.6 Å². The number of nitrogens with zero attached hydrogens (tertiary/aromatic N) is 1. The molecule has 2 aromatic rings. The summed E-state index contributed by atoms with van der Waals surface area (Å²) in [6, 6.07) is 9.82. The van der Waals surface area contributed by atoms with Crippen molar-refractivity contribution in [1.82, 2.24) is 10.3 Å². The van der Waals surface area contributed by atoms with Crippen LogP contribution in [0.4, 0.5) is 4.79 Å². The zero-order valence-corrected chi connectivity index (χ0v) is 19.0. The van der Waals surface area contributed by atoms with Crippen molar-refractivity contribution in [2.24, 2.45) is 5.92 Å². The number of rotatable bonds is 5. The summed E-state index contributed by atoms with van der Waals surface area (Å²) >= 11 is 0. The van der Waals surface area contributed by atoms with Gasteiger partial charge in [0.15, 0.2) is 0 Å². The Morgan fingerprint density at radius 1 is 1.28 bits per heavy atom. The van der Waals surface area contributed by atoms with Crippen LogP contribution in [-0.2, 0) is 18.4 Å². The van der Waals surface area contributed by atoms with E-state index in [1.54, 1.807) is 19.3 Å². The van der Waals surface area contributed by atoms with Crippen LogP contribution in [-0.4, -0.2) is 21.8 Å². The van der Waals surface area contributed by atoms with Gasteiger partial charge in [-0.05, 0) is 97.7 Å². The van der Waals surface area contributed by atoms with Crippen molar-refractivity contribution < 1.29 is 14.6 Å². The van der Waals surface area contributed by atoms with Crippen molar-refractivity contribution in [2.75, 3.05) is 0 Å². The molecule has 4 rings (SSSR count). The standard InChI is InChI=1S/C27H32N2O3/c1-3-11-26(31)13-14-27(12-4-2)22(18-26)6-5-21-17-23(7-8-24(21)27)32-25(30)29-19-20-9-15-28-16-10-20/h7-10,15-17,22,31H,4-6,12-14,18-19H2,1-2H3,(H,29,30)/t22-,26+,27-/m0/s1. The number of aryl methyl sites for hydroxylation is 1. The van der Waals surface area contributed by atoms with Gasteiger partial charge in [-0.1, -0.05) is 25.3 Å². The number of carbonyl (C=O) groups excluding carboxylic acids is 1. The summed E-state index contributed by atoms with van der Waals surface area (Å²) < 4.78 is 5.57. The molecule has 1 aromatic carbocycles. The third kappa shape index (κ3) is 4.52. The summed E-state index contributed by atoms with van der Waals surface area (Å²) in [6.45, 7) is 4.44. The highest BCUT2D eigenvalue weighted by molar-refractivity contribution is 5.70. The Hall–Kier alpha value is -2.84. The maximum Gasteiger partial charge on any atom is 0.412 e. The van der Waals surface area contributed by atoms with Crippen molar-refractivity contribution in [2.45, 2.75) is 76.4 Å². The molecule has 32 heavy (non-hydrogen) atoms. The zero-order valence-electron chi connectivity index (χ0n) is 19.0. The van der Waals surface area contributed by atoms with Gasteiger partial charge in [-0.2, -0.15) is 0 Å². The number of fused-ring (bicyclic) bond motifs is 3. The summed E-state index contributed by atoms with van der Waals surface area (Å²) in [7, 11) is 0. The van der Waals surface area contributed by atoms with Crippen LogP contribution >= 0.6 is 0 Å². The van der Waals surface area contributed by atoms with Crippen molar-refractivity contribution in [3.63, 3.8) is 0 Å². The Morgan fingerprint density at radius 2 is 2.09 bits per heavy atom. The first kappa shape index (κ1) is 22.4. The van der Waals surface area contributed by atoms with Gasteiger partial charge in [-0.25, -0.2) is 4.79 Å². The number of nitrogens with one attached hydrogen (secondary N) is 1. The molecule has 3 atom stereocenters. The minimum atomic E-state index is -0.857. The molecule has 0 spiro atoms. The molecule has 5 nitrogen and oxygen atoms in total. The fraction of sp³-hybridized carbons (Fsp3) is 0.481. The predicted molar refractivity (Wildman–Crippen MR) is 124 cm³/mol. The van der Waals surface area contributed by atoms with Crippen LogP contribution in [0.15, 0.2) is 42.7 Å². The average Bonchev–Trinajstić information content (AvgIpc) is 2.79. The van der Waals surface area contributed by atoms with E-state index < -0.39 is 11.7 Å². The molecule has 1 heterocycles. The predicted octanol–water partition coefficient (Wildman–Crippen LogP) is 4.91. The lowest BCUT2D eigenvalue weighted by atomic mass is 9.53. The summed E-state index contributed by atoms with van der Waals surface area (Å²) in [5.41, 5.74) is 2.82. The van der Waals surface area contributed by atoms with Gasteiger partial charge < -0.3 is 15.2 Å². The van der Waals surface area contributed by atoms with E-state index in [9.17, 15) is 9.90 Å². The largest absolute Gasteiger partial charge is 0.412 e. The van der Waals surface area contributed by atoms with Gasteiger partial charge in [0.05, 0.1) is 0 Å². The second-order valence-electron chi connectivity index (χ2n) is 9.17. The number of amides is 1. The molecule has 1 aromatic heterocycles. The van der Waals surface area contributed by atoms with Crippen LogP contribution in [0.25, 0.3) is 0 Å². The van der Waals surface area contributed by atoms with Crippen LogP contribution in [0, 0.1) is 17.8 Å². The molecule has 0 bridgehead atoms. The average molecular weight is 433 g/mol. The smallest absolute Gasteiger partial charge is 0.410 e. The number of pyridine rings is 1. The first-order valence-corrected chi connectivity index (χ1v) is 11.6. The lowest BCUT2D eigenvalue weighted by molar-refractivity contribution is -0.0109. The quantitative estimate of drug-likeness (QED) is 0.659. The monoisotopic (exact) mass is 432 g/mol. The van der Waals surface area contributed by atoms with Crippen LogP contribution in [0.2, 0.25) is 0 Å². The summed E-state index contributed by atoms with van der Waals surface area (Å²) in [5, 5.41) is 13.8. The highest BCUT2D eigenvalue weighted by atomic mass is 16.6. The summed E-state index contributed by atoms with van der Waals surface area (Å²) in [5.74, 6) is 6.99. The number of hydrogen-bond acceptors (Lipinski definition) is 4. The van der Waals surface area contributed by atoms with Gasteiger partial charge in [0.2, 0.25) is 0 Å². The van der Waals surface area contributed by atoms with Crippen molar-refractivity contribution >= 4 is 6.09 Å². The summed E-state index contributed by atoms with van der Waals surface area (Å²) in [4.78, 5) is 16.3. The van der Waals surface area contributed by atoms with Crippen LogP contribution in [0.3, 0.4) is 0 Å². The molecule has 1 saturated carbocycles. The molecule has 2 aliphatic rings. The molecular weight excluding hydrogens is 400 g/mol. The molecule has 2 aliphatic carbocycles. The normalized spacial score (nSPS) is 26.2. The third-order valence-electron chi connectivity index (χ3n) is 7.18. The number of benzene rings is 1. The van der Waals surface area contributed by atoms with Gasteiger partial charge in [0.1, 0.15) is 11.4 Å². The number of aromatic nitrogens is 1. The Bertz CT molecular complexity index is 1030. The Labute approximate surface area is 190 Å². The van der Waals surface area contributed by atoms with E-state index in [0.717, 1.165) is 44.1 Å². The fourth-order valence-electron chi connectivity index (χ4n) is 5.80. The Balaban J connectivity index is 1.50. The maximum atomic E-state index is 12.3. The highest BCUT2D eigenvalue weighted by Gasteiger charge is 2.50. The van der Waals surface area contributed by atoms with E-state index in [2.05, 4.69) is 35.1 Å². The van der Waals surface area contributed by atoms with Crippen molar-refractivity contribution in [1.29, 1.82) is 0 Å². The second-order valence-corrected chi connectivity index (χ2v) is 9.17. The number of hydrogen-bond donors (Lipinski definition) is 2. The van der Waals surface area contributed by atoms with E-state index in [1.165, 1.54) is 11.1 Å². The molecule has 1 amide bonds. The third-order valence-corrected chi connectivity index (χ3v) is 7.18. The van der Waals surface area contributed by atoms with E-state index >= 15 is 0 Å². The van der Waals surface area contributed by atoms with Gasteiger partial charge in [0, 0.05) is 18.9 Å². The van der Waals surface area contributed by atoms with E-state index in [1.807, 2.05) is 24.3 Å². The van der Waals surface area contributed by atoms with Crippen LogP contribution in [0.1, 0.15) is 69.1 Å². The minimum Gasteiger partial charge on any atom is -0.410 e. The molecule has 0 unspecified atom stereocenters. The number of ether oxygens (including phenoxy) is 1. The van der Waals surface area contributed by atoms with Gasteiger partial charge >= 0.3 is 6.09 Å². The SMILES string of the molecule is CC#C[C@@]1(O)CC[C@]2(CCC)c3ccc(OC(=O)NCc4ccncc4)cc3CC[C@H]2C1. The lowest BCUT2D eigenvalue weighted by Crippen LogP contribution is -2.49. The zero-order chi connectivity index (χ0) is 22.6. The molecule has 1 fully saturated rings. The second kappa shape index (κ2) is 9.34. The number of aliphatic hydroxyl groups is 1. The van der Waals surface area contributed by atoms with E-state index in [4.69, 9.17) is 4.74 Å². The lowest BCUT2D eigenvalue weighted by Gasteiger charge is -2.52. The van der Waals surface area contributed by atoms with Crippen LogP contribution < -0.4 is 10.1 Å². The van der Waals surface area contributed by atoms with Gasteiger partial charge in [0.25, 0.3) is 0 Å². The topological polar surface area (TPSA) is 71.5 Å². The molecule has 0 radical (unpaired) electrons. The maximum absolute atomic E-state index is 12.3. The molecule has 5 heteroatoms. The van der Waals surface area contributed by atoms with Crippen molar-refractivity contribution in [3.05, 3.63) is 59.4 Å². The van der Waals surface area contributed by atoms with Crippen LogP contribution in [0.5, 0.6) is 5.75 Å². The fourth-order valence-corrected chi connectivity index (χ4v) is 5.80.